The van der Waals surface area contributed by atoms with Crippen LogP contribution >= 0.6 is 0 Å². The number of aryl methyl sites for hydroxylation is 2. The van der Waals surface area contributed by atoms with Crippen molar-refractivity contribution >= 4 is 23.5 Å². The summed E-state index contributed by atoms with van der Waals surface area (Å²) in [7, 11) is 2.20. The normalized spacial score (nSPS) is 21.1. The number of piperazine rings is 1. The highest BCUT2D eigenvalue weighted by Crippen LogP contribution is 2.27. The molecular weight excluding hydrogens is 600 g/mol. The third kappa shape index (κ3) is 8.05. The van der Waals surface area contributed by atoms with Gasteiger partial charge >= 0.3 is 6.03 Å². The lowest BCUT2D eigenvalue weighted by molar-refractivity contribution is -0.143. The number of rotatable bonds is 9. The Morgan fingerprint density at radius 1 is 0.792 bits per heavy atom. The zero-order valence-electron chi connectivity index (χ0n) is 29.5. The van der Waals surface area contributed by atoms with Gasteiger partial charge in [0, 0.05) is 70.0 Å². The predicted molar refractivity (Wildman–Crippen MR) is 191 cm³/mol. The van der Waals surface area contributed by atoms with Crippen molar-refractivity contribution in [2.45, 2.75) is 83.7 Å². The van der Waals surface area contributed by atoms with Gasteiger partial charge in [0.1, 0.15) is 0 Å². The van der Waals surface area contributed by atoms with Gasteiger partial charge in [0.2, 0.25) is 11.8 Å². The number of carbonyl (C=O) groups is 3. The van der Waals surface area contributed by atoms with Gasteiger partial charge < -0.3 is 24.9 Å². The molecule has 48 heavy (non-hydrogen) atoms. The Balaban J connectivity index is 1.09. The molecule has 4 amide bonds. The summed E-state index contributed by atoms with van der Waals surface area (Å²) in [5.41, 5.74) is 5.89. The fraction of sp³-hybridized carbons (Fsp3) is 0.615. The van der Waals surface area contributed by atoms with Crippen LogP contribution in [-0.2, 0) is 35.3 Å². The lowest BCUT2D eigenvalue weighted by Crippen LogP contribution is -2.55. The molecule has 0 bridgehead atoms. The highest BCUT2D eigenvalue weighted by molar-refractivity contribution is 5.91. The average molecular weight is 657 g/mol. The van der Waals surface area contributed by atoms with Crippen LogP contribution in [0.15, 0.2) is 42.5 Å². The molecule has 9 heteroatoms. The smallest absolute Gasteiger partial charge is 0.322 e. The molecule has 1 N–H and O–H groups in total. The van der Waals surface area contributed by atoms with Gasteiger partial charge in [-0.15, -0.1) is 0 Å². The third-order valence-electron chi connectivity index (χ3n) is 11.5. The van der Waals surface area contributed by atoms with Gasteiger partial charge in [0.15, 0.2) is 0 Å². The van der Waals surface area contributed by atoms with E-state index in [1.54, 1.807) is 0 Å². The van der Waals surface area contributed by atoms with E-state index in [4.69, 9.17) is 0 Å². The maximum absolute atomic E-state index is 14.2. The number of hydrogen-bond donors (Lipinski definition) is 1. The molecular formula is C39H56N6O3. The van der Waals surface area contributed by atoms with E-state index >= 15 is 0 Å². The summed E-state index contributed by atoms with van der Waals surface area (Å²) in [6, 6.07) is 15.3. The van der Waals surface area contributed by atoms with Crippen molar-refractivity contribution in [2.24, 2.45) is 5.92 Å². The summed E-state index contributed by atoms with van der Waals surface area (Å²) < 4.78 is 0. The average Bonchev–Trinajstić information content (AvgIpc) is 3.29. The maximum atomic E-state index is 14.2. The summed E-state index contributed by atoms with van der Waals surface area (Å²) in [5.74, 6) is -0.192. The highest BCUT2D eigenvalue weighted by atomic mass is 16.2. The van der Waals surface area contributed by atoms with Crippen LogP contribution in [0.25, 0.3) is 0 Å². The van der Waals surface area contributed by atoms with Crippen LogP contribution in [0, 0.1) is 5.92 Å². The molecule has 4 heterocycles. The molecule has 2 aromatic carbocycles. The first-order chi connectivity index (χ1) is 23.3. The Labute approximate surface area is 287 Å². The van der Waals surface area contributed by atoms with Gasteiger partial charge in [0.25, 0.3) is 0 Å². The van der Waals surface area contributed by atoms with Crippen molar-refractivity contribution in [1.29, 1.82) is 0 Å². The summed E-state index contributed by atoms with van der Waals surface area (Å²) in [6.45, 7) is 11.8. The number of piperidine rings is 2. The summed E-state index contributed by atoms with van der Waals surface area (Å²) >= 11 is 0. The standard InChI is InChI=1S/C39H56N6O3/c1-4-30-11-10-29(26-31(30)5-2)27-33(38(47)44-24-22-42(23-25-44)34-13-17-41(3)18-14-34)28-37(46)43-19-15-35(16-20-43)45-21-12-32-8-6-7-9-36(32)40-39(45)48/h6-11,26,33-35H,4-5,12-25,27-28H2,1-3H3,(H,40,48)/t33-/m0/s1. The quantitative estimate of drug-likeness (QED) is 0.424. The molecule has 1 atom stereocenters. The number of carbonyl (C=O) groups excluding carboxylic acids is 3. The highest BCUT2D eigenvalue weighted by Gasteiger charge is 2.35. The monoisotopic (exact) mass is 656 g/mol. The Hall–Kier alpha value is -3.43. The largest absolute Gasteiger partial charge is 0.343 e. The van der Waals surface area contributed by atoms with Crippen LogP contribution in [0.5, 0.6) is 0 Å². The minimum Gasteiger partial charge on any atom is -0.343 e. The van der Waals surface area contributed by atoms with Crippen LogP contribution in [0.3, 0.4) is 0 Å². The van der Waals surface area contributed by atoms with Crippen molar-refractivity contribution in [3.05, 3.63) is 64.7 Å². The molecule has 4 aliphatic rings. The molecule has 0 spiro atoms. The van der Waals surface area contributed by atoms with Crippen molar-refractivity contribution < 1.29 is 14.4 Å². The fourth-order valence-corrected chi connectivity index (χ4v) is 8.44. The number of nitrogens with one attached hydrogen (secondary N) is 1. The molecule has 0 radical (unpaired) electrons. The van der Waals surface area contributed by atoms with Gasteiger partial charge in [-0.25, -0.2) is 4.79 Å². The summed E-state index contributed by atoms with van der Waals surface area (Å²) in [6.07, 6.45) is 7.50. The van der Waals surface area contributed by atoms with E-state index in [2.05, 4.69) is 60.3 Å². The Morgan fingerprint density at radius 3 is 2.19 bits per heavy atom. The number of anilines is 1. The second kappa shape index (κ2) is 15.9. The summed E-state index contributed by atoms with van der Waals surface area (Å²) in [4.78, 5) is 52.2. The fourth-order valence-electron chi connectivity index (χ4n) is 8.44. The number of para-hydroxylation sites is 1. The Kier molecular flexibility index (Phi) is 11.4. The van der Waals surface area contributed by atoms with Crippen LogP contribution in [-0.4, -0.2) is 120 Å². The van der Waals surface area contributed by atoms with Gasteiger partial charge in [-0.2, -0.15) is 0 Å². The number of amides is 4. The van der Waals surface area contributed by atoms with E-state index in [0.29, 0.717) is 32.1 Å². The molecule has 3 saturated heterocycles. The maximum Gasteiger partial charge on any atom is 0.322 e. The van der Waals surface area contributed by atoms with Crippen molar-refractivity contribution in [3.8, 4) is 0 Å². The molecule has 0 aromatic heterocycles. The molecule has 0 aliphatic carbocycles. The van der Waals surface area contributed by atoms with Crippen molar-refractivity contribution in [3.63, 3.8) is 0 Å². The van der Waals surface area contributed by atoms with E-state index < -0.39 is 0 Å². The van der Waals surface area contributed by atoms with Gasteiger partial charge in [0.05, 0.1) is 5.92 Å². The first-order valence-corrected chi connectivity index (χ1v) is 18.6. The second-order valence-corrected chi connectivity index (χ2v) is 14.5. The minimum absolute atomic E-state index is 0.0492. The lowest BCUT2D eigenvalue weighted by atomic mass is 9.90. The van der Waals surface area contributed by atoms with E-state index in [1.165, 1.54) is 24.0 Å². The number of nitrogens with zero attached hydrogens (tertiary/aromatic N) is 5. The third-order valence-corrected chi connectivity index (χ3v) is 11.5. The first-order valence-electron chi connectivity index (χ1n) is 18.6. The van der Waals surface area contributed by atoms with E-state index in [1.807, 2.05) is 32.9 Å². The Bertz CT molecular complexity index is 1420. The van der Waals surface area contributed by atoms with Crippen LogP contribution in [0.4, 0.5) is 10.5 Å². The molecule has 3 fully saturated rings. The number of benzene rings is 2. The molecule has 6 rings (SSSR count). The molecule has 4 aliphatic heterocycles. The van der Waals surface area contributed by atoms with Crippen molar-refractivity contribution in [2.75, 3.05) is 71.3 Å². The molecule has 260 valence electrons. The van der Waals surface area contributed by atoms with Crippen LogP contribution in [0.1, 0.15) is 68.2 Å². The minimum atomic E-state index is -0.378. The van der Waals surface area contributed by atoms with E-state index in [0.717, 1.165) is 88.2 Å². The van der Waals surface area contributed by atoms with Crippen molar-refractivity contribution in [1.82, 2.24) is 24.5 Å². The SMILES string of the molecule is CCc1ccc(C[C@@H](CC(=O)N2CCC(N3CCc4ccccc4NC3=O)CC2)C(=O)N2CCN(C3CCN(C)CC3)CC2)cc1CC. The molecule has 2 aromatic rings. The first kappa shape index (κ1) is 34.4. The van der Waals surface area contributed by atoms with Crippen LogP contribution in [0.2, 0.25) is 0 Å². The number of likely N-dealkylation sites (tertiary alicyclic amines) is 2. The lowest BCUT2D eigenvalue weighted by Gasteiger charge is -2.43. The second-order valence-electron chi connectivity index (χ2n) is 14.5. The molecule has 9 nitrogen and oxygen atoms in total. The van der Waals surface area contributed by atoms with E-state index in [9.17, 15) is 14.4 Å². The zero-order chi connectivity index (χ0) is 33.6. The topological polar surface area (TPSA) is 79.4 Å². The zero-order valence-corrected chi connectivity index (χ0v) is 29.5. The van der Waals surface area contributed by atoms with Crippen LogP contribution < -0.4 is 5.32 Å². The van der Waals surface area contributed by atoms with Gasteiger partial charge in [-0.3, -0.25) is 14.5 Å². The molecule has 0 unspecified atom stereocenters. The van der Waals surface area contributed by atoms with E-state index in [-0.39, 0.29) is 36.2 Å². The Morgan fingerprint density at radius 2 is 1.48 bits per heavy atom. The number of hydrogen-bond acceptors (Lipinski definition) is 5. The number of urea groups is 1. The summed E-state index contributed by atoms with van der Waals surface area (Å²) in [5, 5.41) is 3.09. The predicted octanol–water partition coefficient (Wildman–Crippen LogP) is 4.68. The molecule has 0 saturated carbocycles. The van der Waals surface area contributed by atoms with Gasteiger partial charge in [-0.05, 0) is 99.8 Å². The number of fused-ring (bicyclic) bond motifs is 1. The van der Waals surface area contributed by atoms with Gasteiger partial charge in [-0.1, -0.05) is 50.2 Å².